The number of nitrogens with zero attached hydrogens (tertiary/aromatic N) is 1. The van der Waals surface area contributed by atoms with Crippen LogP contribution in [-0.2, 0) is 14.8 Å². The summed E-state index contributed by atoms with van der Waals surface area (Å²) in [7, 11) is -2.07. The largest absolute Gasteiger partial charge is 0.496 e. The van der Waals surface area contributed by atoms with E-state index in [-0.39, 0.29) is 22.7 Å². The van der Waals surface area contributed by atoms with Crippen LogP contribution >= 0.6 is 11.3 Å². The number of thiophene rings is 1. The van der Waals surface area contributed by atoms with E-state index in [1.165, 1.54) is 6.07 Å². The smallest absolute Gasteiger partial charge is 0.250 e. The highest BCUT2D eigenvalue weighted by Crippen LogP contribution is 2.30. The molecule has 1 amide bonds. The van der Waals surface area contributed by atoms with Crippen molar-refractivity contribution in [3.05, 3.63) is 47.3 Å². The summed E-state index contributed by atoms with van der Waals surface area (Å²) >= 11 is 1.12. The van der Waals surface area contributed by atoms with Crippen LogP contribution in [0.25, 0.3) is 0 Å². The molecular formula is C17H21N3O4S2. The molecule has 0 aliphatic carbocycles. The lowest BCUT2D eigenvalue weighted by atomic mass is 10.0. The molecule has 0 saturated carbocycles. The average molecular weight is 396 g/mol. The maximum absolute atomic E-state index is 12.7. The van der Waals surface area contributed by atoms with Gasteiger partial charge in [0.15, 0.2) is 0 Å². The standard InChI is InChI=1S/C17H21N3O4S2/c1-24-15-6-3-2-5-13(15)14-11-18-8-9-20(14)16(21)12-19-26(22,23)17-7-4-10-25-17/h2-7,10,14,18-19H,8-9,11-12H2,1H3. The molecule has 1 aliphatic heterocycles. The Balaban J connectivity index is 1.74. The molecule has 1 aromatic heterocycles. The summed E-state index contributed by atoms with van der Waals surface area (Å²) in [5.74, 6) is 0.445. The zero-order chi connectivity index (χ0) is 18.6. The fraction of sp³-hybridized carbons (Fsp3) is 0.353. The Hall–Kier alpha value is -1.94. The van der Waals surface area contributed by atoms with Crippen LogP contribution in [-0.4, -0.2) is 52.5 Å². The maximum Gasteiger partial charge on any atom is 0.250 e. The summed E-state index contributed by atoms with van der Waals surface area (Å²) in [5.41, 5.74) is 0.900. The summed E-state index contributed by atoms with van der Waals surface area (Å²) in [6, 6.07) is 10.5. The lowest BCUT2D eigenvalue weighted by molar-refractivity contribution is -0.133. The molecule has 2 heterocycles. The Morgan fingerprint density at radius 3 is 2.88 bits per heavy atom. The molecule has 7 nitrogen and oxygen atoms in total. The number of para-hydroxylation sites is 1. The summed E-state index contributed by atoms with van der Waals surface area (Å²) in [4.78, 5) is 14.4. The van der Waals surface area contributed by atoms with E-state index in [4.69, 9.17) is 4.74 Å². The van der Waals surface area contributed by atoms with Crippen molar-refractivity contribution >= 4 is 27.3 Å². The second-order valence-electron chi connectivity index (χ2n) is 5.81. The van der Waals surface area contributed by atoms with Crippen molar-refractivity contribution in [1.82, 2.24) is 14.9 Å². The molecule has 1 saturated heterocycles. The van der Waals surface area contributed by atoms with Crippen LogP contribution < -0.4 is 14.8 Å². The summed E-state index contributed by atoms with van der Waals surface area (Å²) in [6.07, 6.45) is 0. The first-order valence-corrected chi connectivity index (χ1v) is 10.6. The van der Waals surface area contributed by atoms with Gasteiger partial charge in [0.1, 0.15) is 9.96 Å². The van der Waals surface area contributed by atoms with Gasteiger partial charge in [-0.2, -0.15) is 0 Å². The number of carbonyl (C=O) groups excluding carboxylic acids is 1. The van der Waals surface area contributed by atoms with E-state index in [1.807, 2.05) is 24.3 Å². The van der Waals surface area contributed by atoms with E-state index in [0.29, 0.717) is 25.4 Å². The molecule has 0 spiro atoms. The zero-order valence-corrected chi connectivity index (χ0v) is 16.0. The number of sulfonamides is 1. The van der Waals surface area contributed by atoms with Crippen LogP contribution in [0.5, 0.6) is 5.75 Å². The molecule has 2 N–H and O–H groups in total. The zero-order valence-electron chi connectivity index (χ0n) is 14.3. The van der Waals surface area contributed by atoms with Gasteiger partial charge in [-0.3, -0.25) is 4.79 Å². The van der Waals surface area contributed by atoms with Crippen LogP contribution in [0.2, 0.25) is 0 Å². The molecule has 1 aromatic carbocycles. The van der Waals surface area contributed by atoms with Gasteiger partial charge in [-0.15, -0.1) is 11.3 Å². The summed E-state index contributed by atoms with van der Waals surface area (Å²) in [6.45, 7) is 1.48. The Morgan fingerprint density at radius 1 is 1.35 bits per heavy atom. The molecule has 9 heteroatoms. The van der Waals surface area contributed by atoms with Crippen molar-refractivity contribution in [2.75, 3.05) is 33.3 Å². The van der Waals surface area contributed by atoms with Crippen molar-refractivity contribution in [3.8, 4) is 5.75 Å². The van der Waals surface area contributed by atoms with E-state index in [2.05, 4.69) is 10.0 Å². The monoisotopic (exact) mass is 395 g/mol. The van der Waals surface area contributed by atoms with E-state index in [9.17, 15) is 13.2 Å². The minimum Gasteiger partial charge on any atom is -0.496 e. The van der Waals surface area contributed by atoms with Crippen LogP contribution in [0.1, 0.15) is 11.6 Å². The number of ether oxygens (including phenoxy) is 1. The lowest BCUT2D eigenvalue weighted by Crippen LogP contribution is -2.51. The fourth-order valence-corrected chi connectivity index (χ4v) is 4.98. The molecule has 140 valence electrons. The van der Waals surface area contributed by atoms with Crippen LogP contribution in [0.15, 0.2) is 46.0 Å². The molecule has 1 fully saturated rings. The van der Waals surface area contributed by atoms with Gasteiger partial charge >= 0.3 is 0 Å². The third-order valence-electron chi connectivity index (χ3n) is 4.24. The third-order valence-corrected chi connectivity index (χ3v) is 7.03. The van der Waals surface area contributed by atoms with E-state index >= 15 is 0 Å². The minimum atomic E-state index is -3.66. The minimum absolute atomic E-state index is 0.201. The number of methoxy groups -OCH3 is 1. The van der Waals surface area contributed by atoms with E-state index < -0.39 is 10.0 Å². The number of carbonyl (C=O) groups is 1. The normalized spacial score (nSPS) is 17.9. The fourth-order valence-electron chi connectivity index (χ4n) is 2.97. The van der Waals surface area contributed by atoms with Gasteiger partial charge in [0.05, 0.1) is 19.7 Å². The first-order valence-electron chi connectivity index (χ1n) is 8.19. The van der Waals surface area contributed by atoms with Gasteiger partial charge in [0.25, 0.3) is 10.0 Å². The number of hydrogen-bond donors (Lipinski definition) is 2. The summed E-state index contributed by atoms with van der Waals surface area (Å²) in [5, 5.41) is 4.96. The quantitative estimate of drug-likeness (QED) is 0.768. The van der Waals surface area contributed by atoms with Crippen molar-refractivity contribution in [2.24, 2.45) is 0 Å². The number of benzene rings is 1. The van der Waals surface area contributed by atoms with Crippen molar-refractivity contribution in [3.63, 3.8) is 0 Å². The van der Waals surface area contributed by atoms with E-state index in [0.717, 1.165) is 16.9 Å². The molecule has 0 radical (unpaired) electrons. The molecule has 1 aliphatic rings. The maximum atomic E-state index is 12.7. The number of rotatable bonds is 6. The molecule has 26 heavy (non-hydrogen) atoms. The van der Waals surface area contributed by atoms with Gasteiger partial charge in [-0.1, -0.05) is 24.3 Å². The van der Waals surface area contributed by atoms with Gasteiger partial charge in [-0.05, 0) is 17.5 Å². The predicted octanol–water partition coefficient (Wildman–Crippen LogP) is 1.21. The first-order chi connectivity index (χ1) is 12.5. The number of amides is 1. The number of hydrogen-bond acceptors (Lipinski definition) is 6. The van der Waals surface area contributed by atoms with Crippen molar-refractivity contribution in [1.29, 1.82) is 0 Å². The van der Waals surface area contributed by atoms with Gasteiger partial charge in [-0.25, -0.2) is 13.1 Å². The molecule has 1 atom stereocenters. The molecule has 2 aromatic rings. The Kier molecular flexibility index (Phi) is 5.92. The Labute approximate surface area is 157 Å². The van der Waals surface area contributed by atoms with Crippen molar-refractivity contribution in [2.45, 2.75) is 10.3 Å². The molecule has 3 rings (SSSR count). The lowest BCUT2D eigenvalue weighted by Gasteiger charge is -2.37. The Morgan fingerprint density at radius 2 is 2.15 bits per heavy atom. The third kappa shape index (κ3) is 4.07. The van der Waals surface area contributed by atoms with Crippen LogP contribution in [0, 0.1) is 0 Å². The average Bonchev–Trinajstić information content (AvgIpc) is 3.22. The van der Waals surface area contributed by atoms with Gasteiger partial charge in [0.2, 0.25) is 5.91 Å². The second-order valence-corrected chi connectivity index (χ2v) is 8.75. The SMILES string of the molecule is COc1ccccc1C1CNCCN1C(=O)CNS(=O)(=O)c1cccs1. The Bertz CT molecular complexity index is 853. The predicted molar refractivity (Wildman–Crippen MR) is 99.8 cm³/mol. The van der Waals surface area contributed by atoms with E-state index in [1.54, 1.807) is 23.5 Å². The topological polar surface area (TPSA) is 87.7 Å². The highest BCUT2D eigenvalue weighted by atomic mass is 32.2. The van der Waals surface area contributed by atoms with Crippen LogP contribution in [0.3, 0.4) is 0 Å². The second kappa shape index (κ2) is 8.17. The number of nitrogens with one attached hydrogen (secondary N) is 2. The highest BCUT2D eigenvalue weighted by Gasteiger charge is 2.30. The summed E-state index contributed by atoms with van der Waals surface area (Å²) < 4.78 is 32.5. The molecular weight excluding hydrogens is 374 g/mol. The van der Waals surface area contributed by atoms with Crippen LogP contribution in [0.4, 0.5) is 0 Å². The highest BCUT2D eigenvalue weighted by molar-refractivity contribution is 7.91. The van der Waals surface area contributed by atoms with Gasteiger partial charge in [0, 0.05) is 25.2 Å². The number of piperazine rings is 1. The molecule has 1 unspecified atom stereocenters. The first kappa shape index (κ1) is 18.8. The van der Waals surface area contributed by atoms with Gasteiger partial charge < -0.3 is 15.0 Å². The van der Waals surface area contributed by atoms with Crippen molar-refractivity contribution < 1.29 is 17.9 Å². The molecule has 0 bridgehead atoms.